The van der Waals surface area contributed by atoms with Gasteiger partial charge in [-0.2, -0.15) is 0 Å². The maximum absolute atomic E-state index is 13.0. The van der Waals surface area contributed by atoms with Gasteiger partial charge < -0.3 is 14.9 Å². The number of aliphatic hydroxyl groups excluding tert-OH is 1. The zero-order valence-electron chi connectivity index (χ0n) is 14.8. The van der Waals surface area contributed by atoms with Crippen molar-refractivity contribution in [1.29, 1.82) is 0 Å². The van der Waals surface area contributed by atoms with Crippen LogP contribution in [-0.4, -0.2) is 33.3 Å². The van der Waals surface area contributed by atoms with Gasteiger partial charge in [-0.15, -0.1) is 0 Å². The summed E-state index contributed by atoms with van der Waals surface area (Å²) < 4.78 is 5.45. The fourth-order valence-corrected chi connectivity index (χ4v) is 3.64. The molecule has 6 nitrogen and oxygen atoms in total. The molecule has 0 atom stereocenters. The summed E-state index contributed by atoms with van der Waals surface area (Å²) in [5, 5.41) is 17.7. The minimum atomic E-state index is -0.229. The molecule has 2 aromatic heterocycles. The third-order valence-electron chi connectivity index (χ3n) is 5.31. The Balaban J connectivity index is 1.68. The summed E-state index contributed by atoms with van der Waals surface area (Å²) in [7, 11) is 0. The summed E-state index contributed by atoms with van der Waals surface area (Å²) in [5.74, 6) is 0.514. The van der Waals surface area contributed by atoms with Crippen LogP contribution in [0.2, 0.25) is 0 Å². The first-order chi connectivity index (χ1) is 12.0. The van der Waals surface area contributed by atoms with Crippen LogP contribution in [0.5, 0.6) is 0 Å². The van der Waals surface area contributed by atoms with E-state index in [0.717, 1.165) is 55.3 Å². The van der Waals surface area contributed by atoms with Gasteiger partial charge in [-0.1, -0.05) is 19.0 Å². The van der Waals surface area contributed by atoms with E-state index in [1.165, 1.54) is 0 Å². The molecule has 0 aromatic carbocycles. The van der Waals surface area contributed by atoms with E-state index in [0.29, 0.717) is 17.2 Å². The van der Waals surface area contributed by atoms with Crippen molar-refractivity contribution >= 4 is 17.0 Å². The lowest BCUT2D eigenvalue weighted by Gasteiger charge is -2.26. The highest BCUT2D eigenvalue weighted by molar-refractivity contribution is 6.06. The van der Waals surface area contributed by atoms with Gasteiger partial charge in [0.25, 0.3) is 11.6 Å². The summed E-state index contributed by atoms with van der Waals surface area (Å²) >= 11 is 0. The zero-order chi connectivity index (χ0) is 17.6. The molecule has 0 spiro atoms. The summed E-state index contributed by atoms with van der Waals surface area (Å²) in [4.78, 5) is 17.6. The highest BCUT2D eigenvalue weighted by Crippen LogP contribution is 2.41. The van der Waals surface area contributed by atoms with Gasteiger partial charge >= 0.3 is 0 Å². The molecule has 2 heterocycles. The predicted octanol–water partition coefficient (Wildman–Crippen LogP) is 3.26. The van der Waals surface area contributed by atoms with Gasteiger partial charge in [-0.3, -0.25) is 4.79 Å². The topological polar surface area (TPSA) is 88.2 Å². The van der Waals surface area contributed by atoms with Gasteiger partial charge in [0.2, 0.25) is 0 Å². The van der Waals surface area contributed by atoms with Gasteiger partial charge in [-0.05, 0) is 50.5 Å². The van der Waals surface area contributed by atoms with Gasteiger partial charge in [0.1, 0.15) is 0 Å². The number of carbonyl (C=O) groups is 1. The van der Waals surface area contributed by atoms with Gasteiger partial charge in [0, 0.05) is 17.7 Å². The van der Waals surface area contributed by atoms with Crippen LogP contribution in [0.3, 0.4) is 0 Å². The second-order valence-electron chi connectivity index (χ2n) is 7.75. The van der Waals surface area contributed by atoms with Crippen LogP contribution in [-0.2, 0) is 0 Å². The molecule has 1 amide bonds. The van der Waals surface area contributed by atoms with E-state index in [-0.39, 0.29) is 24.0 Å². The number of amides is 1. The normalized spacial score (nSPS) is 24.0. The second-order valence-corrected chi connectivity index (χ2v) is 7.75. The largest absolute Gasteiger partial charge is 0.393 e. The van der Waals surface area contributed by atoms with Crippen molar-refractivity contribution in [2.75, 3.05) is 0 Å². The van der Waals surface area contributed by atoms with Gasteiger partial charge in [-0.25, -0.2) is 4.98 Å². The quantitative estimate of drug-likeness (QED) is 0.889. The Labute approximate surface area is 147 Å². The molecule has 2 N–H and O–H groups in total. The summed E-state index contributed by atoms with van der Waals surface area (Å²) in [6.45, 7) is 4.08. The van der Waals surface area contributed by atoms with E-state index in [1.807, 2.05) is 19.9 Å². The van der Waals surface area contributed by atoms with E-state index in [1.54, 1.807) is 0 Å². The van der Waals surface area contributed by atoms with Crippen LogP contribution in [0.15, 0.2) is 10.6 Å². The standard InChI is InChI=1S/C19H25N3O3/c1-10(2)17-16-14(18(24)20-12-5-7-13(23)8-6-12)9-15(11-3-4-11)21-19(16)25-22-17/h9-13,23H,3-8H2,1-2H3,(H,20,24). The molecule has 6 heteroatoms. The van der Waals surface area contributed by atoms with Gasteiger partial charge in [0.05, 0.1) is 22.7 Å². The van der Waals surface area contributed by atoms with E-state index in [9.17, 15) is 9.90 Å². The smallest absolute Gasteiger partial charge is 0.259 e. The van der Waals surface area contributed by atoms with Crippen molar-refractivity contribution < 1.29 is 14.4 Å². The maximum atomic E-state index is 13.0. The Morgan fingerprint density at radius 1 is 1.24 bits per heavy atom. The molecule has 134 valence electrons. The third kappa shape index (κ3) is 3.27. The molecule has 0 radical (unpaired) electrons. The number of aromatic nitrogens is 2. The molecular weight excluding hydrogens is 318 g/mol. The molecule has 25 heavy (non-hydrogen) atoms. The van der Waals surface area contributed by atoms with Crippen LogP contribution >= 0.6 is 0 Å². The number of hydrogen-bond donors (Lipinski definition) is 2. The van der Waals surface area contributed by atoms with Crippen molar-refractivity contribution in [1.82, 2.24) is 15.5 Å². The number of fused-ring (bicyclic) bond motifs is 1. The highest BCUT2D eigenvalue weighted by atomic mass is 16.5. The SMILES string of the molecule is CC(C)c1noc2nc(C3CC3)cc(C(=O)NC3CCC(O)CC3)c12. The molecule has 2 fully saturated rings. The van der Waals surface area contributed by atoms with Crippen molar-refractivity contribution in [3.63, 3.8) is 0 Å². The molecule has 0 aliphatic heterocycles. The molecule has 4 rings (SSSR count). The van der Waals surface area contributed by atoms with E-state index in [4.69, 9.17) is 4.52 Å². The van der Waals surface area contributed by atoms with E-state index in [2.05, 4.69) is 15.5 Å². The minimum Gasteiger partial charge on any atom is -0.393 e. The molecule has 2 saturated carbocycles. The van der Waals surface area contributed by atoms with Crippen LogP contribution in [0, 0.1) is 0 Å². The average molecular weight is 343 g/mol. The maximum Gasteiger partial charge on any atom is 0.259 e. The Hall–Kier alpha value is -1.95. The Morgan fingerprint density at radius 2 is 1.96 bits per heavy atom. The second kappa shape index (κ2) is 6.41. The van der Waals surface area contributed by atoms with Crippen LogP contribution in [0.1, 0.15) is 86.0 Å². The monoisotopic (exact) mass is 343 g/mol. The average Bonchev–Trinajstić information content (AvgIpc) is 3.35. The minimum absolute atomic E-state index is 0.0826. The lowest BCUT2D eigenvalue weighted by atomic mass is 9.92. The summed E-state index contributed by atoms with van der Waals surface area (Å²) in [6, 6.07) is 2.04. The number of pyridine rings is 1. The zero-order valence-corrected chi connectivity index (χ0v) is 14.8. The first-order valence-electron chi connectivity index (χ1n) is 9.32. The fraction of sp³-hybridized carbons (Fsp3) is 0.632. The fourth-order valence-electron chi connectivity index (χ4n) is 3.64. The first kappa shape index (κ1) is 16.5. The number of rotatable bonds is 4. The number of aliphatic hydroxyl groups is 1. The number of carbonyl (C=O) groups excluding carboxylic acids is 1. The first-order valence-corrected chi connectivity index (χ1v) is 9.32. The Morgan fingerprint density at radius 3 is 2.60 bits per heavy atom. The number of nitrogens with one attached hydrogen (secondary N) is 1. The highest BCUT2D eigenvalue weighted by Gasteiger charge is 2.30. The molecular formula is C19H25N3O3. The van der Waals surface area contributed by atoms with Gasteiger partial charge in [0.15, 0.2) is 0 Å². The van der Waals surface area contributed by atoms with Crippen LogP contribution in [0.25, 0.3) is 11.1 Å². The van der Waals surface area contributed by atoms with Crippen molar-refractivity contribution in [2.45, 2.75) is 76.4 Å². The predicted molar refractivity (Wildman–Crippen MR) is 93.6 cm³/mol. The summed E-state index contributed by atoms with van der Waals surface area (Å²) in [5.41, 5.74) is 2.82. The van der Waals surface area contributed by atoms with E-state index >= 15 is 0 Å². The molecule has 2 aliphatic carbocycles. The molecule has 2 aliphatic rings. The number of nitrogens with zero attached hydrogens (tertiary/aromatic N) is 2. The molecule has 0 unspecified atom stereocenters. The van der Waals surface area contributed by atoms with Crippen molar-refractivity contribution in [2.24, 2.45) is 0 Å². The Bertz CT molecular complexity index is 787. The van der Waals surface area contributed by atoms with Crippen LogP contribution in [0.4, 0.5) is 0 Å². The lowest BCUT2D eigenvalue weighted by molar-refractivity contribution is 0.0869. The molecule has 0 bridgehead atoms. The van der Waals surface area contributed by atoms with E-state index < -0.39 is 0 Å². The third-order valence-corrected chi connectivity index (χ3v) is 5.31. The van der Waals surface area contributed by atoms with Crippen LogP contribution < -0.4 is 5.32 Å². The molecule has 2 aromatic rings. The summed E-state index contributed by atoms with van der Waals surface area (Å²) in [6.07, 6.45) is 5.13. The molecule has 0 saturated heterocycles. The number of hydrogen-bond acceptors (Lipinski definition) is 5. The lowest BCUT2D eigenvalue weighted by Crippen LogP contribution is -2.38. The van der Waals surface area contributed by atoms with Crippen molar-refractivity contribution in [3.8, 4) is 0 Å². The van der Waals surface area contributed by atoms with Crippen molar-refractivity contribution in [3.05, 3.63) is 23.0 Å². The Kier molecular flexibility index (Phi) is 4.23.